The number of fused-ring (bicyclic) bond motifs is 4. The Morgan fingerprint density at radius 3 is 2.77 bits per heavy atom. The zero-order valence-corrected chi connectivity index (χ0v) is 17.8. The number of benzene rings is 2. The molecule has 1 aliphatic carbocycles. The van der Waals surface area contributed by atoms with E-state index in [1.54, 1.807) is 25.6 Å². The van der Waals surface area contributed by atoms with Crippen molar-refractivity contribution in [3.05, 3.63) is 54.1 Å². The van der Waals surface area contributed by atoms with E-state index in [-0.39, 0.29) is 11.4 Å². The number of methoxy groups -OCH3 is 1. The molecule has 2 aliphatic rings. The summed E-state index contributed by atoms with van der Waals surface area (Å²) in [6, 6.07) is 11.2. The Morgan fingerprint density at radius 2 is 1.97 bits per heavy atom. The summed E-state index contributed by atoms with van der Waals surface area (Å²) in [5, 5.41) is 1.02. The van der Waals surface area contributed by atoms with Crippen LogP contribution in [0.4, 0.5) is 15.9 Å². The molecule has 0 radical (unpaired) electrons. The van der Waals surface area contributed by atoms with Crippen LogP contribution in [0.2, 0.25) is 0 Å². The number of hydrogen-bond acceptors (Lipinski definition) is 4. The standard InChI is InChI=1S/C25H25FN4O/c1-15-13-25(9-3-4-10-25)30(21-8-5-16(26)11-18(15)21)24-23-22(27-14-28-24)19-12-17(31-2)6-7-20(19)29-23/h5-8,11-12,14-15,29H,3-4,9-10,13H2,1-2H3. The normalized spacial score (nSPS) is 20.0. The van der Waals surface area contributed by atoms with Gasteiger partial charge in [0.2, 0.25) is 0 Å². The topological polar surface area (TPSA) is 54.0 Å². The number of rotatable bonds is 2. The Balaban J connectivity index is 1.64. The summed E-state index contributed by atoms with van der Waals surface area (Å²) in [7, 11) is 1.67. The highest BCUT2D eigenvalue weighted by Crippen LogP contribution is 2.54. The average molecular weight is 417 g/mol. The molecule has 1 fully saturated rings. The first-order chi connectivity index (χ1) is 15.1. The number of nitrogens with zero attached hydrogens (tertiary/aromatic N) is 3. The van der Waals surface area contributed by atoms with E-state index in [0.29, 0.717) is 5.92 Å². The van der Waals surface area contributed by atoms with Crippen LogP contribution >= 0.6 is 0 Å². The van der Waals surface area contributed by atoms with Gasteiger partial charge in [-0.25, -0.2) is 14.4 Å². The molecule has 0 bridgehead atoms. The smallest absolute Gasteiger partial charge is 0.161 e. The molecular formula is C25H25FN4O. The Labute approximate surface area is 180 Å². The third-order valence-electron chi connectivity index (χ3n) is 7.24. The van der Waals surface area contributed by atoms with E-state index in [1.165, 1.54) is 12.8 Å². The average Bonchev–Trinajstić information content (AvgIpc) is 3.39. The molecule has 2 aromatic heterocycles. The molecule has 2 aromatic carbocycles. The van der Waals surface area contributed by atoms with Crippen LogP contribution in [0.3, 0.4) is 0 Å². The minimum Gasteiger partial charge on any atom is -0.497 e. The van der Waals surface area contributed by atoms with Crippen LogP contribution in [-0.2, 0) is 0 Å². The van der Waals surface area contributed by atoms with Crippen LogP contribution in [-0.4, -0.2) is 27.6 Å². The number of hydrogen-bond donors (Lipinski definition) is 1. The van der Waals surface area contributed by atoms with Crippen molar-refractivity contribution in [3.63, 3.8) is 0 Å². The van der Waals surface area contributed by atoms with Gasteiger partial charge in [-0.3, -0.25) is 0 Å². The van der Waals surface area contributed by atoms with Gasteiger partial charge in [-0.1, -0.05) is 19.8 Å². The molecule has 4 aromatic rings. The minimum absolute atomic E-state index is 0.000510. The number of ether oxygens (including phenoxy) is 1. The monoisotopic (exact) mass is 416 g/mol. The second kappa shape index (κ2) is 6.67. The zero-order valence-electron chi connectivity index (χ0n) is 17.8. The maximum Gasteiger partial charge on any atom is 0.161 e. The third kappa shape index (κ3) is 2.67. The summed E-state index contributed by atoms with van der Waals surface area (Å²) in [6.45, 7) is 2.22. The van der Waals surface area contributed by atoms with E-state index < -0.39 is 0 Å². The summed E-state index contributed by atoms with van der Waals surface area (Å²) < 4.78 is 19.6. The summed E-state index contributed by atoms with van der Waals surface area (Å²) in [5.41, 5.74) is 4.93. The number of H-pyrrole nitrogens is 1. The Bertz CT molecular complexity index is 1310. The van der Waals surface area contributed by atoms with E-state index in [0.717, 1.165) is 64.0 Å². The second-order valence-corrected chi connectivity index (χ2v) is 9.03. The van der Waals surface area contributed by atoms with E-state index in [2.05, 4.69) is 21.8 Å². The fraction of sp³-hybridized carbons (Fsp3) is 0.360. The van der Waals surface area contributed by atoms with Gasteiger partial charge >= 0.3 is 0 Å². The molecule has 5 nitrogen and oxygen atoms in total. The largest absolute Gasteiger partial charge is 0.497 e. The Kier molecular flexibility index (Phi) is 4.01. The van der Waals surface area contributed by atoms with E-state index in [9.17, 15) is 4.39 Å². The molecule has 6 rings (SSSR count). The van der Waals surface area contributed by atoms with Crippen molar-refractivity contribution in [1.82, 2.24) is 15.0 Å². The molecule has 0 saturated heterocycles. The van der Waals surface area contributed by atoms with Crippen molar-refractivity contribution in [1.29, 1.82) is 0 Å². The van der Waals surface area contributed by atoms with E-state index in [4.69, 9.17) is 9.72 Å². The maximum absolute atomic E-state index is 14.2. The van der Waals surface area contributed by atoms with Gasteiger partial charge in [-0.05, 0) is 67.1 Å². The highest BCUT2D eigenvalue weighted by atomic mass is 19.1. The fourth-order valence-corrected chi connectivity index (χ4v) is 5.91. The zero-order chi connectivity index (χ0) is 21.2. The van der Waals surface area contributed by atoms with Gasteiger partial charge in [0.25, 0.3) is 0 Å². The van der Waals surface area contributed by atoms with Crippen LogP contribution in [0.1, 0.15) is 50.5 Å². The van der Waals surface area contributed by atoms with Crippen LogP contribution in [0.15, 0.2) is 42.7 Å². The van der Waals surface area contributed by atoms with Gasteiger partial charge < -0.3 is 14.6 Å². The van der Waals surface area contributed by atoms with Gasteiger partial charge in [0.05, 0.1) is 7.11 Å². The van der Waals surface area contributed by atoms with Gasteiger partial charge in [-0.2, -0.15) is 0 Å². The third-order valence-corrected chi connectivity index (χ3v) is 7.24. The molecule has 1 spiro atoms. The van der Waals surface area contributed by atoms with Crippen molar-refractivity contribution < 1.29 is 9.13 Å². The summed E-state index contributed by atoms with van der Waals surface area (Å²) in [5.74, 6) is 1.80. The molecule has 3 heterocycles. The Morgan fingerprint density at radius 1 is 1.13 bits per heavy atom. The summed E-state index contributed by atoms with van der Waals surface area (Å²) in [6.07, 6.45) is 7.30. The lowest BCUT2D eigenvalue weighted by Gasteiger charge is -2.49. The first-order valence-electron chi connectivity index (χ1n) is 11.0. The summed E-state index contributed by atoms with van der Waals surface area (Å²) >= 11 is 0. The molecule has 6 heteroatoms. The highest BCUT2D eigenvalue weighted by molar-refractivity contribution is 6.09. The SMILES string of the molecule is COc1ccc2[nH]c3c(N4c5ccc(F)cc5C(C)CC45CCCC5)ncnc3c2c1. The first kappa shape index (κ1) is 18.6. The van der Waals surface area contributed by atoms with Crippen LogP contribution in [0, 0.1) is 5.82 Å². The number of nitrogens with one attached hydrogen (secondary N) is 1. The number of aromatic amines is 1. The predicted molar refractivity (Wildman–Crippen MR) is 121 cm³/mol. The highest BCUT2D eigenvalue weighted by Gasteiger charge is 2.47. The van der Waals surface area contributed by atoms with Crippen LogP contribution in [0.5, 0.6) is 5.75 Å². The van der Waals surface area contributed by atoms with Gasteiger partial charge in [0.1, 0.15) is 28.9 Å². The summed E-state index contributed by atoms with van der Waals surface area (Å²) in [4.78, 5) is 15.4. The van der Waals surface area contributed by atoms with Gasteiger partial charge in [0, 0.05) is 22.1 Å². The number of anilines is 2. The molecular weight excluding hydrogens is 391 g/mol. The lowest BCUT2D eigenvalue weighted by Crippen LogP contribution is -2.48. The Hall–Kier alpha value is -3.15. The van der Waals surface area contributed by atoms with Crippen LogP contribution in [0.25, 0.3) is 21.9 Å². The molecule has 1 unspecified atom stereocenters. The number of aromatic nitrogens is 3. The fourth-order valence-electron chi connectivity index (χ4n) is 5.91. The lowest BCUT2D eigenvalue weighted by atomic mass is 9.76. The quantitative estimate of drug-likeness (QED) is 0.422. The van der Waals surface area contributed by atoms with E-state index >= 15 is 0 Å². The molecule has 1 atom stereocenters. The van der Waals surface area contributed by atoms with E-state index in [1.807, 2.05) is 24.3 Å². The molecule has 0 amide bonds. The van der Waals surface area contributed by atoms with Crippen molar-refractivity contribution in [3.8, 4) is 5.75 Å². The molecule has 31 heavy (non-hydrogen) atoms. The number of halogens is 1. The first-order valence-corrected chi connectivity index (χ1v) is 11.0. The van der Waals surface area contributed by atoms with Crippen molar-refractivity contribution >= 4 is 33.4 Å². The lowest BCUT2D eigenvalue weighted by molar-refractivity contribution is 0.351. The maximum atomic E-state index is 14.2. The molecule has 1 aliphatic heterocycles. The molecule has 1 saturated carbocycles. The van der Waals surface area contributed by atoms with Gasteiger partial charge in [-0.15, -0.1) is 0 Å². The van der Waals surface area contributed by atoms with Crippen molar-refractivity contribution in [2.45, 2.75) is 50.5 Å². The minimum atomic E-state index is -0.182. The molecule has 1 N–H and O–H groups in total. The second-order valence-electron chi connectivity index (χ2n) is 9.03. The van der Waals surface area contributed by atoms with Crippen molar-refractivity contribution in [2.75, 3.05) is 12.0 Å². The predicted octanol–water partition coefficient (Wildman–Crippen LogP) is 6.22. The molecule has 158 valence electrons. The van der Waals surface area contributed by atoms with Gasteiger partial charge in [0.15, 0.2) is 5.82 Å². The van der Waals surface area contributed by atoms with Crippen LogP contribution < -0.4 is 9.64 Å². The van der Waals surface area contributed by atoms with Crippen molar-refractivity contribution in [2.24, 2.45) is 0 Å².